The summed E-state index contributed by atoms with van der Waals surface area (Å²) in [5.74, 6) is -6.42. The first-order chi connectivity index (χ1) is 7.21. The molecule has 1 aromatic carbocycles. The van der Waals surface area contributed by atoms with E-state index in [-0.39, 0.29) is 5.56 Å². The van der Waals surface area contributed by atoms with Gasteiger partial charge in [0.1, 0.15) is 0 Å². The van der Waals surface area contributed by atoms with Crippen LogP contribution in [0, 0.1) is 28.7 Å². The second-order valence-electron chi connectivity index (χ2n) is 4.88. The van der Waals surface area contributed by atoms with Gasteiger partial charge in [-0.05, 0) is 17.9 Å². The van der Waals surface area contributed by atoms with Crippen molar-refractivity contribution in [1.29, 1.82) is 0 Å². The Kier molecular flexibility index (Phi) is 2.11. The highest BCUT2D eigenvalue weighted by molar-refractivity contribution is 5.37. The average Bonchev–Trinajstić information content (AvgIpc) is 2.69. The molecule has 2 N–H and O–H groups in total. The van der Waals surface area contributed by atoms with Crippen molar-refractivity contribution in [3.05, 3.63) is 34.9 Å². The number of hydrogen-bond acceptors (Lipinski definition) is 1. The van der Waals surface area contributed by atoms with Gasteiger partial charge in [0.05, 0.1) is 0 Å². The van der Waals surface area contributed by atoms with Crippen molar-refractivity contribution in [2.75, 3.05) is 0 Å². The molecule has 0 aromatic heterocycles. The van der Waals surface area contributed by atoms with Crippen LogP contribution in [-0.4, -0.2) is 0 Å². The molecule has 1 fully saturated rings. The van der Waals surface area contributed by atoms with Gasteiger partial charge < -0.3 is 5.73 Å². The van der Waals surface area contributed by atoms with Crippen LogP contribution >= 0.6 is 0 Å². The van der Waals surface area contributed by atoms with Gasteiger partial charge in [-0.3, -0.25) is 0 Å². The monoisotopic (exact) mass is 233 g/mol. The van der Waals surface area contributed by atoms with Crippen molar-refractivity contribution in [3.63, 3.8) is 0 Å². The van der Waals surface area contributed by atoms with E-state index in [0.29, 0.717) is 12.5 Å². The molecule has 0 saturated heterocycles. The van der Waals surface area contributed by atoms with Crippen molar-refractivity contribution in [2.45, 2.75) is 25.8 Å². The normalized spacial score (nSPS) is 26.9. The molecule has 0 aliphatic heterocycles. The Balaban J connectivity index is 2.61. The molecular weight excluding hydrogens is 222 g/mol. The van der Waals surface area contributed by atoms with Crippen molar-refractivity contribution < 1.29 is 17.6 Å². The maximum atomic E-state index is 13.5. The van der Waals surface area contributed by atoms with Crippen LogP contribution in [0.15, 0.2) is 6.07 Å². The van der Waals surface area contributed by atoms with Gasteiger partial charge in [0.15, 0.2) is 23.3 Å². The minimum atomic E-state index is -1.80. The van der Waals surface area contributed by atoms with E-state index in [1.807, 2.05) is 0 Å². The summed E-state index contributed by atoms with van der Waals surface area (Å²) in [5, 5.41) is 0. The first kappa shape index (κ1) is 11.4. The van der Waals surface area contributed by atoms with Gasteiger partial charge in [0.25, 0.3) is 0 Å². The SMILES string of the molecule is CC1(C)CC1(N)c1cc(F)c(F)c(F)c1F. The predicted octanol–water partition coefficient (Wildman–Crippen LogP) is 2.83. The lowest BCUT2D eigenvalue weighted by Crippen LogP contribution is -2.27. The summed E-state index contributed by atoms with van der Waals surface area (Å²) in [7, 11) is 0. The highest BCUT2D eigenvalue weighted by atomic mass is 19.2. The maximum absolute atomic E-state index is 13.5. The fourth-order valence-electron chi connectivity index (χ4n) is 2.01. The van der Waals surface area contributed by atoms with Crippen molar-refractivity contribution in [1.82, 2.24) is 0 Å². The zero-order valence-electron chi connectivity index (χ0n) is 8.87. The van der Waals surface area contributed by atoms with Crippen LogP contribution in [0.4, 0.5) is 17.6 Å². The van der Waals surface area contributed by atoms with Crippen LogP contribution in [0.25, 0.3) is 0 Å². The van der Waals surface area contributed by atoms with Gasteiger partial charge in [0.2, 0.25) is 0 Å². The summed E-state index contributed by atoms with van der Waals surface area (Å²) in [6, 6.07) is 0.641. The predicted molar refractivity (Wildman–Crippen MR) is 50.5 cm³/mol. The van der Waals surface area contributed by atoms with Gasteiger partial charge in [-0.1, -0.05) is 13.8 Å². The van der Waals surface area contributed by atoms with Gasteiger partial charge >= 0.3 is 0 Å². The minimum Gasteiger partial charge on any atom is -0.321 e. The number of benzene rings is 1. The second-order valence-corrected chi connectivity index (χ2v) is 4.88. The van der Waals surface area contributed by atoms with Gasteiger partial charge in [-0.2, -0.15) is 0 Å². The standard InChI is InChI=1S/C11H11F4N/c1-10(2)4-11(10,16)5-3-6(12)8(14)9(15)7(5)13/h3H,4,16H2,1-2H3. The first-order valence-corrected chi connectivity index (χ1v) is 4.83. The van der Waals surface area contributed by atoms with Crippen molar-refractivity contribution >= 4 is 0 Å². The number of hydrogen-bond donors (Lipinski definition) is 1. The lowest BCUT2D eigenvalue weighted by molar-refractivity contribution is 0.389. The smallest absolute Gasteiger partial charge is 0.197 e. The summed E-state index contributed by atoms with van der Waals surface area (Å²) in [4.78, 5) is 0. The quantitative estimate of drug-likeness (QED) is 0.450. The largest absolute Gasteiger partial charge is 0.321 e. The maximum Gasteiger partial charge on any atom is 0.197 e. The van der Waals surface area contributed by atoms with Crippen LogP contribution in [0.5, 0.6) is 0 Å². The van der Waals surface area contributed by atoms with E-state index < -0.39 is 34.2 Å². The van der Waals surface area contributed by atoms with Crippen molar-refractivity contribution in [3.8, 4) is 0 Å². The van der Waals surface area contributed by atoms with Crippen LogP contribution in [0.2, 0.25) is 0 Å². The molecule has 2 rings (SSSR count). The Bertz CT molecular complexity index is 470. The molecule has 5 heteroatoms. The van der Waals surface area contributed by atoms with Gasteiger partial charge in [0, 0.05) is 11.1 Å². The van der Waals surface area contributed by atoms with E-state index in [2.05, 4.69) is 0 Å². The molecule has 0 amide bonds. The molecule has 1 aliphatic rings. The second kappa shape index (κ2) is 2.97. The van der Waals surface area contributed by atoms with Crippen molar-refractivity contribution in [2.24, 2.45) is 11.1 Å². The summed E-state index contributed by atoms with van der Waals surface area (Å²) in [6.07, 6.45) is 0.404. The van der Waals surface area contributed by atoms with Crippen LogP contribution in [0.1, 0.15) is 25.8 Å². The van der Waals surface area contributed by atoms with E-state index >= 15 is 0 Å². The topological polar surface area (TPSA) is 26.0 Å². The molecule has 0 spiro atoms. The lowest BCUT2D eigenvalue weighted by atomic mass is 9.96. The molecule has 1 aromatic rings. The Hall–Kier alpha value is -1.10. The number of nitrogens with two attached hydrogens (primary N) is 1. The zero-order valence-corrected chi connectivity index (χ0v) is 8.87. The highest BCUT2D eigenvalue weighted by Gasteiger charge is 2.61. The highest BCUT2D eigenvalue weighted by Crippen LogP contribution is 2.60. The van der Waals surface area contributed by atoms with E-state index in [4.69, 9.17) is 5.73 Å². The van der Waals surface area contributed by atoms with Crippen LogP contribution < -0.4 is 5.73 Å². The Morgan fingerprint density at radius 1 is 1.06 bits per heavy atom. The lowest BCUT2D eigenvalue weighted by Gasteiger charge is -2.17. The molecule has 1 saturated carbocycles. The summed E-state index contributed by atoms with van der Waals surface area (Å²) in [5.41, 5.74) is 3.98. The van der Waals surface area contributed by atoms with Crippen LogP contribution in [0.3, 0.4) is 0 Å². The zero-order chi connectivity index (χ0) is 12.3. The fourth-order valence-corrected chi connectivity index (χ4v) is 2.01. The molecule has 1 atom stereocenters. The van der Waals surface area contributed by atoms with E-state index in [9.17, 15) is 17.6 Å². The Labute approximate surface area is 90.3 Å². The van der Waals surface area contributed by atoms with Gasteiger partial charge in [-0.25, -0.2) is 17.6 Å². The Morgan fingerprint density at radius 3 is 2.00 bits per heavy atom. The molecule has 1 unspecified atom stereocenters. The summed E-state index contributed by atoms with van der Waals surface area (Å²) < 4.78 is 52.2. The van der Waals surface area contributed by atoms with Crippen LogP contribution in [-0.2, 0) is 5.54 Å². The molecule has 1 aliphatic carbocycles. The fraction of sp³-hybridized carbons (Fsp3) is 0.455. The Morgan fingerprint density at radius 2 is 1.56 bits per heavy atom. The molecule has 0 radical (unpaired) electrons. The number of rotatable bonds is 1. The van der Waals surface area contributed by atoms with Gasteiger partial charge in [-0.15, -0.1) is 0 Å². The molecule has 0 bridgehead atoms. The number of halogens is 4. The van der Waals surface area contributed by atoms with E-state index in [0.717, 1.165) is 0 Å². The summed E-state index contributed by atoms with van der Waals surface area (Å²) >= 11 is 0. The third-order valence-corrected chi connectivity index (χ3v) is 3.39. The third kappa shape index (κ3) is 1.27. The molecule has 0 heterocycles. The van der Waals surface area contributed by atoms with E-state index in [1.54, 1.807) is 13.8 Å². The van der Waals surface area contributed by atoms with E-state index in [1.165, 1.54) is 0 Å². The molecular formula is C11H11F4N. The third-order valence-electron chi connectivity index (χ3n) is 3.39. The molecule has 88 valence electrons. The first-order valence-electron chi connectivity index (χ1n) is 4.83. The molecule has 16 heavy (non-hydrogen) atoms. The average molecular weight is 233 g/mol. The minimum absolute atomic E-state index is 0.297. The summed E-state index contributed by atoms with van der Waals surface area (Å²) in [6.45, 7) is 3.51. The molecule has 1 nitrogen and oxygen atoms in total.